The quantitative estimate of drug-likeness (QED) is 0.156. The second-order valence-corrected chi connectivity index (χ2v) is 20.0. The summed E-state index contributed by atoms with van der Waals surface area (Å²) in [7, 11) is 0. The van der Waals surface area contributed by atoms with E-state index in [0.29, 0.717) is 0 Å². The Hall–Kier alpha value is -8.86. The molecule has 0 fully saturated rings. The zero-order chi connectivity index (χ0) is 47.0. The Bertz CT molecular complexity index is 4550. The molecule has 14 aromatic rings. The second kappa shape index (κ2) is 15.1. The van der Waals surface area contributed by atoms with Crippen molar-refractivity contribution in [1.82, 2.24) is 0 Å². The van der Waals surface area contributed by atoms with Gasteiger partial charge in [-0.15, -0.1) is 0 Å². The number of rotatable bonds is 6. The summed E-state index contributed by atoms with van der Waals surface area (Å²) in [6.45, 7) is 4.82. The number of hydrogen-bond donors (Lipinski definition) is 0. The first-order valence-electron chi connectivity index (χ1n) is 24.7. The lowest BCUT2D eigenvalue weighted by molar-refractivity contribution is 0.478. The van der Waals surface area contributed by atoms with Crippen molar-refractivity contribution >= 4 is 127 Å². The third kappa shape index (κ3) is 6.04. The van der Waals surface area contributed by atoms with Gasteiger partial charge in [0.1, 0.15) is 27.9 Å². The van der Waals surface area contributed by atoms with Crippen molar-refractivity contribution in [2.75, 3.05) is 4.90 Å². The van der Waals surface area contributed by atoms with E-state index in [2.05, 4.69) is 225 Å². The summed E-state index contributed by atoms with van der Waals surface area (Å²) < 4.78 is 20.8. The number of furan rings is 3. The first-order chi connectivity index (χ1) is 34.9. The molecule has 0 aliphatic heterocycles. The van der Waals surface area contributed by atoms with Gasteiger partial charge in [-0.2, -0.15) is 0 Å². The SMILES string of the molecule is CC1(C)CCc2cc(N(c3ccccc3)c3c4ccccc4cc4c3oc3ccccc34)cc3cc4oc5cc(/C=C(/c6ccccc6)c6c7ccccc7cc7c6oc6ccccc67)ccc5c4c1c23. The lowest BCUT2D eigenvalue weighted by atomic mass is 9.70. The fourth-order valence-electron chi connectivity index (χ4n) is 12.1. The van der Waals surface area contributed by atoms with E-state index in [1.54, 1.807) is 0 Å². The molecule has 0 radical (unpaired) electrons. The average molecular weight is 912 g/mol. The van der Waals surface area contributed by atoms with Crippen molar-refractivity contribution in [2.24, 2.45) is 0 Å². The number of hydrogen-bond acceptors (Lipinski definition) is 4. The molecule has 4 heteroatoms. The maximum absolute atomic E-state index is 7.12. The van der Waals surface area contributed by atoms with Crippen LogP contribution in [-0.2, 0) is 11.8 Å². The Morgan fingerprint density at radius 3 is 1.82 bits per heavy atom. The van der Waals surface area contributed by atoms with Crippen LogP contribution in [0, 0.1) is 0 Å². The lowest BCUT2D eigenvalue weighted by Crippen LogP contribution is -2.23. The van der Waals surface area contributed by atoms with Crippen LogP contribution in [0.25, 0.3) is 110 Å². The summed E-state index contributed by atoms with van der Waals surface area (Å²) in [5.74, 6) is 0. The standard InChI is InChI=1S/C67H45NO3/c1-67(2)32-31-44-35-47(68(46-21-7-4-8-22-46)64-49-24-12-10-20-43(49)38-55-51-26-14-16-28-57(51)71-66(55)64)36-45-39-59-62(63(67)60(44)45)52-30-29-40(34-58(52)69-59)33-53(41-17-5-3-6-18-41)61-48-23-11-9-19-42(48)37-54-50-25-13-15-27-56(50)70-65(54)61/h3-30,33-39H,31-32H2,1-2H3/b53-33-. The summed E-state index contributed by atoms with van der Waals surface area (Å²) in [6, 6.07) is 74.0. The molecule has 0 bridgehead atoms. The summed E-state index contributed by atoms with van der Waals surface area (Å²) in [5, 5.41) is 13.9. The molecule has 3 heterocycles. The van der Waals surface area contributed by atoms with E-state index in [9.17, 15) is 0 Å². The van der Waals surface area contributed by atoms with Gasteiger partial charge < -0.3 is 18.2 Å². The molecule has 0 amide bonds. The van der Waals surface area contributed by atoms with Crippen LogP contribution in [-0.4, -0.2) is 0 Å². The van der Waals surface area contributed by atoms with Crippen molar-refractivity contribution in [2.45, 2.75) is 32.1 Å². The molecule has 3 aromatic heterocycles. The monoisotopic (exact) mass is 911 g/mol. The highest BCUT2D eigenvalue weighted by Crippen LogP contribution is 2.52. The zero-order valence-corrected chi connectivity index (χ0v) is 39.3. The third-order valence-electron chi connectivity index (χ3n) is 15.4. The van der Waals surface area contributed by atoms with Gasteiger partial charge in [-0.05, 0) is 146 Å². The first-order valence-corrected chi connectivity index (χ1v) is 24.7. The highest BCUT2D eigenvalue weighted by molar-refractivity contribution is 6.22. The zero-order valence-electron chi connectivity index (χ0n) is 39.3. The first kappa shape index (κ1) is 40.1. The Morgan fingerprint density at radius 2 is 1.07 bits per heavy atom. The van der Waals surface area contributed by atoms with Gasteiger partial charge in [0.05, 0.1) is 5.69 Å². The van der Waals surface area contributed by atoms with Gasteiger partial charge in [0.25, 0.3) is 0 Å². The predicted octanol–water partition coefficient (Wildman–Crippen LogP) is 19.1. The van der Waals surface area contributed by atoms with E-state index in [1.807, 2.05) is 6.07 Å². The molecule has 0 saturated heterocycles. The fraction of sp³-hybridized carbons (Fsp3) is 0.0746. The molecule has 0 unspecified atom stereocenters. The minimum Gasteiger partial charge on any atom is -0.456 e. The van der Waals surface area contributed by atoms with Crippen LogP contribution in [0.2, 0.25) is 0 Å². The summed E-state index contributed by atoms with van der Waals surface area (Å²) >= 11 is 0. The number of anilines is 3. The van der Waals surface area contributed by atoms with Gasteiger partial charge in [-0.1, -0.05) is 153 Å². The van der Waals surface area contributed by atoms with E-state index >= 15 is 0 Å². The molecule has 1 aliphatic carbocycles. The smallest absolute Gasteiger partial charge is 0.160 e. The number of para-hydroxylation sites is 3. The van der Waals surface area contributed by atoms with E-state index < -0.39 is 0 Å². The van der Waals surface area contributed by atoms with E-state index in [0.717, 1.165) is 123 Å². The van der Waals surface area contributed by atoms with Crippen LogP contribution in [0.3, 0.4) is 0 Å². The van der Waals surface area contributed by atoms with Gasteiger partial charge in [0.15, 0.2) is 5.58 Å². The predicted molar refractivity (Wildman–Crippen MR) is 297 cm³/mol. The van der Waals surface area contributed by atoms with Gasteiger partial charge >= 0.3 is 0 Å². The Labute approximate surface area is 409 Å². The van der Waals surface area contributed by atoms with E-state index in [4.69, 9.17) is 13.3 Å². The maximum Gasteiger partial charge on any atom is 0.160 e. The van der Waals surface area contributed by atoms with Crippen molar-refractivity contribution in [3.05, 3.63) is 234 Å². The van der Waals surface area contributed by atoms with Gasteiger partial charge in [0.2, 0.25) is 0 Å². The average Bonchev–Trinajstić information content (AvgIpc) is 4.09. The highest BCUT2D eigenvalue weighted by atomic mass is 16.3. The van der Waals surface area contributed by atoms with Gasteiger partial charge in [-0.25, -0.2) is 0 Å². The van der Waals surface area contributed by atoms with Crippen molar-refractivity contribution in [3.63, 3.8) is 0 Å². The number of benzene rings is 11. The summed E-state index contributed by atoms with van der Waals surface area (Å²) in [4.78, 5) is 2.42. The topological polar surface area (TPSA) is 42.7 Å². The van der Waals surface area contributed by atoms with Crippen molar-refractivity contribution in [3.8, 4) is 0 Å². The second-order valence-electron chi connectivity index (χ2n) is 20.0. The van der Waals surface area contributed by atoms with Crippen LogP contribution in [0.15, 0.2) is 220 Å². The van der Waals surface area contributed by atoms with Crippen LogP contribution < -0.4 is 4.90 Å². The molecular formula is C67H45NO3. The molecule has 0 saturated carbocycles. The molecule has 0 spiro atoms. The molecule has 0 N–H and O–H groups in total. The van der Waals surface area contributed by atoms with Crippen LogP contribution in [0.5, 0.6) is 0 Å². The molecule has 0 atom stereocenters. The normalized spacial score (nSPS) is 13.9. The highest BCUT2D eigenvalue weighted by Gasteiger charge is 2.34. The lowest BCUT2D eigenvalue weighted by Gasteiger charge is -2.35. The van der Waals surface area contributed by atoms with E-state index in [1.165, 1.54) is 38.1 Å². The number of nitrogens with zero attached hydrogens (tertiary/aromatic N) is 1. The molecule has 71 heavy (non-hydrogen) atoms. The molecule has 4 nitrogen and oxygen atoms in total. The third-order valence-corrected chi connectivity index (χ3v) is 15.4. The maximum atomic E-state index is 7.12. The Morgan fingerprint density at radius 1 is 0.451 bits per heavy atom. The van der Waals surface area contributed by atoms with Crippen LogP contribution in [0.4, 0.5) is 17.1 Å². The molecule has 11 aromatic carbocycles. The van der Waals surface area contributed by atoms with Gasteiger partial charge in [0, 0.05) is 54.6 Å². The molecule has 15 rings (SSSR count). The summed E-state index contributed by atoms with van der Waals surface area (Å²) in [5.41, 5.74) is 15.5. The number of aryl methyl sites for hydroxylation is 1. The fourth-order valence-corrected chi connectivity index (χ4v) is 12.1. The largest absolute Gasteiger partial charge is 0.456 e. The van der Waals surface area contributed by atoms with Crippen molar-refractivity contribution < 1.29 is 13.3 Å². The Kier molecular flexibility index (Phi) is 8.50. The van der Waals surface area contributed by atoms with E-state index in [-0.39, 0.29) is 5.41 Å². The van der Waals surface area contributed by atoms with Crippen molar-refractivity contribution in [1.29, 1.82) is 0 Å². The Balaban J connectivity index is 0.958. The van der Waals surface area contributed by atoms with Crippen LogP contribution in [0.1, 0.15) is 48.1 Å². The minimum absolute atomic E-state index is 0.0936. The molecule has 336 valence electrons. The van der Waals surface area contributed by atoms with Crippen LogP contribution >= 0.6 is 0 Å². The molecular weight excluding hydrogens is 867 g/mol. The summed E-state index contributed by atoms with van der Waals surface area (Å²) in [6.07, 6.45) is 4.30. The minimum atomic E-state index is -0.0936. The van der Waals surface area contributed by atoms with Gasteiger partial charge in [-0.3, -0.25) is 0 Å². The molecule has 1 aliphatic rings. The number of fused-ring (bicyclic) bond motifs is 12.